The van der Waals surface area contributed by atoms with Crippen LogP contribution < -0.4 is 11.1 Å². The summed E-state index contributed by atoms with van der Waals surface area (Å²) in [7, 11) is 0. The van der Waals surface area contributed by atoms with E-state index in [-0.39, 0.29) is 24.4 Å². The second-order valence-electron chi connectivity index (χ2n) is 5.93. The molecule has 2 rings (SSSR count). The number of nitrogens with one attached hydrogen (secondary N) is 1. The number of nitrogens with two attached hydrogens (primary N) is 1. The monoisotopic (exact) mass is 335 g/mol. The molecule has 0 saturated carbocycles. The third kappa shape index (κ3) is 4.36. The summed E-state index contributed by atoms with van der Waals surface area (Å²) in [5.41, 5.74) is 10.8. The van der Waals surface area contributed by atoms with E-state index in [0.717, 1.165) is 29.1 Å². The summed E-state index contributed by atoms with van der Waals surface area (Å²) in [4.78, 5) is 12.4. The Bertz CT molecular complexity index is 677. The third-order valence-electron chi connectivity index (χ3n) is 3.92. The zero-order valence-electron chi connectivity index (χ0n) is 14.2. The first-order valence-electron chi connectivity index (χ1n) is 7.70. The van der Waals surface area contributed by atoms with Gasteiger partial charge in [-0.2, -0.15) is 0 Å². The molecule has 0 saturated heterocycles. The van der Waals surface area contributed by atoms with Crippen LogP contribution in [0.25, 0.3) is 5.69 Å². The van der Waals surface area contributed by atoms with Crippen molar-refractivity contribution >= 4 is 18.3 Å². The molecule has 1 unspecified atom stereocenters. The van der Waals surface area contributed by atoms with Crippen molar-refractivity contribution in [3.05, 3.63) is 52.8 Å². The Balaban J connectivity index is 0.00000264. The first-order chi connectivity index (χ1) is 10.4. The maximum Gasteiger partial charge on any atom is 0.253 e. The number of amides is 1. The Morgan fingerprint density at radius 2 is 1.91 bits per heavy atom. The number of hydrogen-bond donors (Lipinski definition) is 2. The number of benzene rings is 1. The molecule has 0 aliphatic rings. The minimum absolute atomic E-state index is 0. The largest absolute Gasteiger partial charge is 0.352 e. The van der Waals surface area contributed by atoms with Gasteiger partial charge in [-0.15, -0.1) is 12.4 Å². The Hall–Kier alpha value is -1.78. The van der Waals surface area contributed by atoms with Crippen LogP contribution in [0.1, 0.15) is 40.7 Å². The average Bonchev–Trinajstić information content (AvgIpc) is 2.74. The molecule has 1 aromatic carbocycles. The first kappa shape index (κ1) is 19.3. The Labute approximate surface area is 144 Å². The molecule has 1 aromatic heterocycles. The molecular weight excluding hydrogens is 310 g/mol. The van der Waals surface area contributed by atoms with Crippen LogP contribution in [0.3, 0.4) is 0 Å². The number of para-hydroxylation sites is 1. The molecule has 0 aliphatic heterocycles. The lowest BCUT2D eigenvalue weighted by Gasteiger charge is -2.13. The van der Waals surface area contributed by atoms with Crippen LogP contribution in [0.15, 0.2) is 30.3 Å². The minimum Gasteiger partial charge on any atom is -0.352 e. The maximum atomic E-state index is 12.4. The van der Waals surface area contributed by atoms with Gasteiger partial charge in [0.2, 0.25) is 0 Å². The van der Waals surface area contributed by atoms with Crippen molar-refractivity contribution in [2.75, 3.05) is 6.54 Å². The normalized spacial score (nSPS) is 11.7. The van der Waals surface area contributed by atoms with Crippen molar-refractivity contribution in [3.63, 3.8) is 0 Å². The molecule has 4 nitrogen and oxygen atoms in total. The average molecular weight is 336 g/mol. The van der Waals surface area contributed by atoms with Crippen LogP contribution in [-0.2, 0) is 0 Å². The molecule has 1 amide bonds. The number of nitrogens with zero attached hydrogens (tertiary/aromatic N) is 1. The fraction of sp³-hybridized carbons (Fsp3) is 0.389. The molecule has 0 spiro atoms. The molecule has 126 valence electrons. The lowest BCUT2D eigenvalue weighted by Crippen LogP contribution is -2.29. The van der Waals surface area contributed by atoms with Gasteiger partial charge in [-0.25, -0.2) is 0 Å². The van der Waals surface area contributed by atoms with Gasteiger partial charge in [0, 0.05) is 29.7 Å². The van der Waals surface area contributed by atoms with Gasteiger partial charge >= 0.3 is 0 Å². The van der Waals surface area contributed by atoms with Crippen molar-refractivity contribution in [2.24, 2.45) is 5.73 Å². The number of carbonyl (C=O) groups excluding carboxylic acids is 1. The van der Waals surface area contributed by atoms with Gasteiger partial charge in [0.1, 0.15) is 0 Å². The highest BCUT2D eigenvalue weighted by molar-refractivity contribution is 5.95. The summed E-state index contributed by atoms with van der Waals surface area (Å²) in [6.07, 6.45) is 0.780. The van der Waals surface area contributed by atoms with Crippen molar-refractivity contribution < 1.29 is 4.79 Å². The second-order valence-corrected chi connectivity index (χ2v) is 5.93. The van der Waals surface area contributed by atoms with E-state index in [1.165, 1.54) is 5.56 Å². The van der Waals surface area contributed by atoms with Crippen molar-refractivity contribution in [3.8, 4) is 5.69 Å². The van der Waals surface area contributed by atoms with E-state index >= 15 is 0 Å². The predicted octanol–water partition coefficient (Wildman–Crippen LogP) is 3.29. The van der Waals surface area contributed by atoms with Gasteiger partial charge in [0.25, 0.3) is 5.91 Å². The van der Waals surface area contributed by atoms with Crippen LogP contribution in [0.4, 0.5) is 0 Å². The summed E-state index contributed by atoms with van der Waals surface area (Å²) < 4.78 is 2.13. The molecule has 2 aromatic rings. The van der Waals surface area contributed by atoms with E-state index in [1.54, 1.807) is 0 Å². The van der Waals surface area contributed by atoms with Gasteiger partial charge in [0.05, 0.1) is 5.56 Å². The quantitative estimate of drug-likeness (QED) is 0.880. The highest BCUT2D eigenvalue weighted by Gasteiger charge is 2.17. The smallest absolute Gasteiger partial charge is 0.253 e. The van der Waals surface area contributed by atoms with Crippen molar-refractivity contribution in [1.82, 2.24) is 9.88 Å². The van der Waals surface area contributed by atoms with Crippen LogP contribution in [0.5, 0.6) is 0 Å². The highest BCUT2D eigenvalue weighted by atomic mass is 35.5. The number of aryl methyl sites for hydroxylation is 2. The molecule has 0 aliphatic carbocycles. The summed E-state index contributed by atoms with van der Waals surface area (Å²) in [5.74, 6) is -0.0337. The summed E-state index contributed by atoms with van der Waals surface area (Å²) >= 11 is 0. The van der Waals surface area contributed by atoms with Crippen LogP contribution in [0, 0.1) is 20.8 Å². The molecule has 0 radical (unpaired) electrons. The number of halogens is 1. The second kappa shape index (κ2) is 8.18. The van der Waals surface area contributed by atoms with E-state index in [1.807, 2.05) is 39.0 Å². The van der Waals surface area contributed by atoms with Gasteiger partial charge in [0.15, 0.2) is 0 Å². The molecule has 1 heterocycles. The molecule has 3 N–H and O–H groups in total. The summed E-state index contributed by atoms with van der Waals surface area (Å²) in [6.45, 7) is 8.63. The lowest BCUT2D eigenvalue weighted by molar-refractivity contribution is 0.0952. The summed E-state index contributed by atoms with van der Waals surface area (Å²) in [5, 5.41) is 2.95. The number of rotatable bonds is 5. The van der Waals surface area contributed by atoms with E-state index in [0.29, 0.717) is 6.54 Å². The Kier molecular flexibility index (Phi) is 6.85. The molecule has 0 bridgehead atoms. The predicted molar refractivity (Wildman–Crippen MR) is 97.8 cm³/mol. The standard InChI is InChI=1S/C18H25N3O.ClH/c1-12-7-5-6-8-17(12)21-14(3)11-16(15(21)4)18(22)20-10-9-13(2)19;/h5-8,11,13H,9-10,19H2,1-4H3,(H,20,22);1H. The van der Waals surface area contributed by atoms with Crippen molar-refractivity contribution in [1.29, 1.82) is 0 Å². The van der Waals surface area contributed by atoms with Crippen LogP contribution in [-0.4, -0.2) is 23.1 Å². The molecule has 1 atom stereocenters. The van der Waals surface area contributed by atoms with Crippen LogP contribution in [0.2, 0.25) is 0 Å². The lowest BCUT2D eigenvalue weighted by atomic mass is 10.2. The molecule has 5 heteroatoms. The van der Waals surface area contributed by atoms with Crippen LogP contribution >= 0.6 is 12.4 Å². The Morgan fingerprint density at radius 3 is 2.52 bits per heavy atom. The molecule has 23 heavy (non-hydrogen) atoms. The third-order valence-corrected chi connectivity index (χ3v) is 3.92. The highest BCUT2D eigenvalue weighted by Crippen LogP contribution is 2.23. The van der Waals surface area contributed by atoms with Gasteiger partial charge < -0.3 is 15.6 Å². The Morgan fingerprint density at radius 1 is 1.26 bits per heavy atom. The van der Waals surface area contributed by atoms with Gasteiger partial charge in [-0.05, 0) is 51.8 Å². The molecule has 0 fully saturated rings. The van der Waals surface area contributed by atoms with E-state index in [9.17, 15) is 4.79 Å². The zero-order valence-corrected chi connectivity index (χ0v) is 15.0. The number of hydrogen-bond acceptors (Lipinski definition) is 2. The summed E-state index contributed by atoms with van der Waals surface area (Å²) in [6, 6.07) is 10.2. The van der Waals surface area contributed by atoms with Gasteiger partial charge in [-0.1, -0.05) is 18.2 Å². The fourth-order valence-electron chi connectivity index (χ4n) is 2.69. The number of aromatic nitrogens is 1. The maximum absolute atomic E-state index is 12.4. The zero-order chi connectivity index (χ0) is 16.3. The van der Waals surface area contributed by atoms with Gasteiger partial charge in [-0.3, -0.25) is 4.79 Å². The van der Waals surface area contributed by atoms with E-state index in [2.05, 4.69) is 28.9 Å². The van der Waals surface area contributed by atoms with Crippen molar-refractivity contribution in [2.45, 2.75) is 40.2 Å². The fourth-order valence-corrected chi connectivity index (χ4v) is 2.69. The molecular formula is C18H26ClN3O. The topological polar surface area (TPSA) is 60.0 Å². The first-order valence-corrected chi connectivity index (χ1v) is 7.70. The SMILES string of the molecule is Cc1ccccc1-n1c(C)cc(C(=O)NCCC(C)N)c1C.Cl. The minimum atomic E-state index is -0.0337. The van der Waals surface area contributed by atoms with E-state index < -0.39 is 0 Å². The number of carbonyl (C=O) groups is 1. The van der Waals surface area contributed by atoms with E-state index in [4.69, 9.17) is 5.73 Å².